The van der Waals surface area contributed by atoms with Gasteiger partial charge in [0.1, 0.15) is 9.86 Å². The minimum Gasteiger partial charge on any atom is -0.396 e. The molecule has 1 unspecified atom stereocenters. The van der Waals surface area contributed by atoms with Crippen molar-refractivity contribution in [3.05, 3.63) is 10.9 Å². The molecule has 2 heterocycles. The Bertz CT molecular complexity index is 556. The van der Waals surface area contributed by atoms with E-state index in [2.05, 4.69) is 35.2 Å². The average Bonchev–Trinajstić information content (AvgIpc) is 2.82. The van der Waals surface area contributed by atoms with Gasteiger partial charge in [-0.25, -0.2) is 9.97 Å². The standard InChI is InChI=1S/C13H19N3OS2/c1-4-9-7-10-11(18-8(2)5-6-17)15-13(14-3)16-12(10)19-9/h7-8,17H,4-6H2,1-3H3,(H,14,15,16). The summed E-state index contributed by atoms with van der Waals surface area (Å²) in [5.41, 5.74) is 0. The molecule has 2 rings (SSSR count). The smallest absolute Gasteiger partial charge is 0.224 e. The van der Waals surface area contributed by atoms with Crippen molar-refractivity contribution in [1.29, 1.82) is 0 Å². The van der Waals surface area contributed by atoms with Gasteiger partial charge in [0.2, 0.25) is 5.95 Å². The van der Waals surface area contributed by atoms with Crippen LogP contribution in [-0.4, -0.2) is 34.0 Å². The van der Waals surface area contributed by atoms with Crippen molar-refractivity contribution < 1.29 is 5.11 Å². The molecule has 104 valence electrons. The van der Waals surface area contributed by atoms with Crippen molar-refractivity contribution in [3.63, 3.8) is 0 Å². The number of aliphatic hydroxyl groups is 1. The van der Waals surface area contributed by atoms with E-state index < -0.39 is 0 Å². The molecule has 0 fully saturated rings. The van der Waals surface area contributed by atoms with Crippen LogP contribution in [0, 0.1) is 0 Å². The van der Waals surface area contributed by atoms with Crippen LogP contribution in [-0.2, 0) is 6.42 Å². The Morgan fingerprint density at radius 2 is 2.26 bits per heavy atom. The molecule has 2 N–H and O–H groups in total. The monoisotopic (exact) mass is 297 g/mol. The summed E-state index contributed by atoms with van der Waals surface area (Å²) >= 11 is 3.43. The van der Waals surface area contributed by atoms with Crippen molar-refractivity contribution >= 4 is 39.3 Å². The van der Waals surface area contributed by atoms with Crippen molar-refractivity contribution in [2.45, 2.75) is 37.0 Å². The summed E-state index contributed by atoms with van der Waals surface area (Å²) in [6.07, 6.45) is 1.79. The Morgan fingerprint density at radius 1 is 1.47 bits per heavy atom. The van der Waals surface area contributed by atoms with Gasteiger partial charge in [-0.05, 0) is 18.9 Å². The van der Waals surface area contributed by atoms with E-state index in [4.69, 9.17) is 5.11 Å². The maximum absolute atomic E-state index is 9.01. The number of aliphatic hydroxyl groups excluding tert-OH is 1. The fourth-order valence-corrected chi connectivity index (χ4v) is 3.81. The van der Waals surface area contributed by atoms with Gasteiger partial charge >= 0.3 is 0 Å². The molecule has 0 aromatic carbocycles. The summed E-state index contributed by atoms with van der Waals surface area (Å²) in [5, 5.41) is 14.5. The maximum Gasteiger partial charge on any atom is 0.224 e. The van der Waals surface area contributed by atoms with E-state index in [1.807, 2.05) is 7.05 Å². The highest BCUT2D eigenvalue weighted by Crippen LogP contribution is 2.34. The Balaban J connectivity index is 2.41. The number of aromatic nitrogens is 2. The van der Waals surface area contributed by atoms with E-state index in [1.54, 1.807) is 23.1 Å². The van der Waals surface area contributed by atoms with E-state index in [0.717, 1.165) is 28.1 Å². The molecule has 0 bridgehead atoms. The lowest BCUT2D eigenvalue weighted by atomic mass is 10.3. The number of hydrogen-bond donors (Lipinski definition) is 2. The molecule has 2 aromatic heterocycles. The first kappa shape index (κ1) is 14.6. The summed E-state index contributed by atoms with van der Waals surface area (Å²) in [4.78, 5) is 11.4. The molecule has 0 radical (unpaired) electrons. The van der Waals surface area contributed by atoms with Gasteiger partial charge in [0, 0.05) is 29.2 Å². The summed E-state index contributed by atoms with van der Waals surface area (Å²) in [5.74, 6) is 0.663. The molecule has 1 atom stereocenters. The second-order valence-corrected chi connectivity index (χ2v) is 6.87. The van der Waals surface area contributed by atoms with Crippen molar-refractivity contribution in [1.82, 2.24) is 9.97 Å². The molecule has 0 aliphatic rings. The molecule has 0 amide bonds. The minimum absolute atomic E-state index is 0.213. The van der Waals surface area contributed by atoms with Gasteiger partial charge < -0.3 is 10.4 Å². The third kappa shape index (κ3) is 3.38. The summed E-state index contributed by atoms with van der Waals surface area (Å²) < 4.78 is 0. The van der Waals surface area contributed by atoms with E-state index in [9.17, 15) is 0 Å². The van der Waals surface area contributed by atoms with Gasteiger partial charge in [-0.3, -0.25) is 0 Å². The lowest BCUT2D eigenvalue weighted by Gasteiger charge is -2.10. The largest absolute Gasteiger partial charge is 0.396 e. The zero-order chi connectivity index (χ0) is 13.8. The van der Waals surface area contributed by atoms with Gasteiger partial charge in [0.15, 0.2) is 0 Å². The summed E-state index contributed by atoms with van der Waals surface area (Å²) in [7, 11) is 1.83. The molecule has 0 saturated heterocycles. The second-order valence-electron chi connectivity index (χ2n) is 4.33. The molecular formula is C13H19N3OS2. The van der Waals surface area contributed by atoms with Crippen molar-refractivity contribution in [3.8, 4) is 0 Å². The molecule has 2 aromatic rings. The Kier molecular flexibility index (Phi) is 5.01. The first-order chi connectivity index (χ1) is 9.17. The Morgan fingerprint density at radius 3 is 2.89 bits per heavy atom. The van der Waals surface area contributed by atoms with Gasteiger partial charge in [0.25, 0.3) is 0 Å². The van der Waals surface area contributed by atoms with Gasteiger partial charge in [-0.2, -0.15) is 0 Å². The van der Waals surface area contributed by atoms with E-state index >= 15 is 0 Å². The van der Waals surface area contributed by atoms with E-state index in [0.29, 0.717) is 11.2 Å². The number of anilines is 1. The van der Waals surface area contributed by atoms with E-state index in [1.165, 1.54) is 4.88 Å². The number of nitrogens with one attached hydrogen (secondary N) is 1. The summed E-state index contributed by atoms with van der Waals surface area (Å²) in [6, 6.07) is 2.19. The molecule has 0 saturated carbocycles. The van der Waals surface area contributed by atoms with Crippen molar-refractivity contribution in [2.24, 2.45) is 0 Å². The van der Waals surface area contributed by atoms with Crippen LogP contribution in [0.5, 0.6) is 0 Å². The van der Waals surface area contributed by atoms with Crippen LogP contribution in [0.4, 0.5) is 5.95 Å². The highest BCUT2D eigenvalue weighted by Gasteiger charge is 2.14. The van der Waals surface area contributed by atoms with Gasteiger partial charge in [-0.15, -0.1) is 23.1 Å². The highest BCUT2D eigenvalue weighted by atomic mass is 32.2. The Labute approximate surface area is 121 Å². The maximum atomic E-state index is 9.01. The molecule has 0 spiro atoms. The first-order valence-electron chi connectivity index (χ1n) is 6.43. The van der Waals surface area contributed by atoms with E-state index in [-0.39, 0.29) is 6.61 Å². The normalized spacial score (nSPS) is 12.8. The van der Waals surface area contributed by atoms with Crippen LogP contribution < -0.4 is 5.32 Å². The van der Waals surface area contributed by atoms with Crippen LogP contribution in [0.25, 0.3) is 10.2 Å². The SMILES string of the molecule is CCc1cc2c(SC(C)CCO)nc(NC)nc2s1. The van der Waals surface area contributed by atoms with Gasteiger partial charge in [0.05, 0.1) is 0 Å². The van der Waals surface area contributed by atoms with Crippen molar-refractivity contribution in [2.75, 3.05) is 19.0 Å². The first-order valence-corrected chi connectivity index (χ1v) is 8.13. The van der Waals surface area contributed by atoms with Crippen LogP contribution >= 0.6 is 23.1 Å². The number of fused-ring (bicyclic) bond motifs is 1. The predicted molar refractivity (Wildman–Crippen MR) is 83.4 cm³/mol. The van der Waals surface area contributed by atoms with Crippen LogP contribution in [0.3, 0.4) is 0 Å². The average molecular weight is 297 g/mol. The molecular weight excluding hydrogens is 278 g/mol. The topological polar surface area (TPSA) is 58.0 Å². The number of hydrogen-bond acceptors (Lipinski definition) is 6. The number of thioether (sulfide) groups is 1. The number of nitrogens with zero attached hydrogens (tertiary/aromatic N) is 2. The van der Waals surface area contributed by atoms with Gasteiger partial charge in [-0.1, -0.05) is 13.8 Å². The lowest BCUT2D eigenvalue weighted by molar-refractivity contribution is 0.289. The second kappa shape index (κ2) is 6.54. The molecule has 19 heavy (non-hydrogen) atoms. The molecule has 0 aliphatic heterocycles. The Hall–Kier alpha value is -0.850. The number of rotatable bonds is 6. The number of aryl methyl sites for hydroxylation is 1. The fourth-order valence-electron chi connectivity index (χ4n) is 1.75. The predicted octanol–water partition coefficient (Wildman–Crippen LogP) is 3.16. The quantitative estimate of drug-likeness (QED) is 0.633. The fraction of sp³-hybridized carbons (Fsp3) is 0.538. The molecule has 6 heteroatoms. The van der Waals surface area contributed by atoms with Crippen LogP contribution in [0.1, 0.15) is 25.1 Å². The zero-order valence-corrected chi connectivity index (χ0v) is 13.1. The molecule has 4 nitrogen and oxygen atoms in total. The third-order valence-corrected chi connectivity index (χ3v) is 5.18. The van der Waals surface area contributed by atoms with Crippen LogP contribution in [0.2, 0.25) is 0 Å². The summed E-state index contributed by atoms with van der Waals surface area (Å²) in [6.45, 7) is 4.48. The highest BCUT2D eigenvalue weighted by molar-refractivity contribution is 8.00. The number of thiophene rings is 1. The van der Waals surface area contributed by atoms with Crippen LogP contribution in [0.15, 0.2) is 11.1 Å². The lowest BCUT2D eigenvalue weighted by Crippen LogP contribution is -2.02. The molecule has 0 aliphatic carbocycles. The third-order valence-electron chi connectivity index (χ3n) is 2.83. The zero-order valence-electron chi connectivity index (χ0n) is 11.4. The minimum atomic E-state index is 0.213.